The Morgan fingerprint density at radius 2 is 2.21 bits per heavy atom. The van der Waals surface area contributed by atoms with Crippen molar-refractivity contribution < 1.29 is 0 Å². The Labute approximate surface area is 113 Å². The zero-order valence-electron chi connectivity index (χ0n) is 11.5. The van der Waals surface area contributed by atoms with Crippen molar-refractivity contribution in [3.8, 4) is 0 Å². The number of hydrogen-bond acceptors (Lipinski definition) is 4. The van der Waals surface area contributed by atoms with Crippen molar-refractivity contribution >= 4 is 0 Å². The maximum atomic E-state index is 4.55. The number of imidazole rings is 1. The number of likely N-dealkylation sites (tertiary alicyclic amines) is 1. The summed E-state index contributed by atoms with van der Waals surface area (Å²) < 4.78 is 2.08. The van der Waals surface area contributed by atoms with Crippen LogP contribution in [0.15, 0.2) is 24.7 Å². The first kappa shape index (κ1) is 12.3. The number of hydrogen-bond donors (Lipinski definition) is 0. The van der Waals surface area contributed by atoms with Crippen molar-refractivity contribution in [2.24, 2.45) is 7.05 Å². The van der Waals surface area contributed by atoms with Crippen molar-refractivity contribution in [1.29, 1.82) is 0 Å². The average molecular weight is 257 g/mol. The summed E-state index contributed by atoms with van der Waals surface area (Å²) in [6, 6.07) is 1.95. The largest absolute Gasteiger partial charge is 0.337 e. The standard InChI is InChI=1S/C14H19N5/c1-11-3-5-16-14(17-11)12-4-7-19(9-12)10-13-15-6-8-18(13)2/h3,5-6,8,12H,4,7,9-10H2,1-2H3/t12-/m0/s1. The first-order valence-corrected chi connectivity index (χ1v) is 6.70. The van der Waals surface area contributed by atoms with Crippen molar-refractivity contribution in [2.75, 3.05) is 13.1 Å². The van der Waals surface area contributed by atoms with Gasteiger partial charge in [0.15, 0.2) is 0 Å². The molecule has 1 saturated heterocycles. The Morgan fingerprint density at radius 1 is 1.32 bits per heavy atom. The van der Waals surface area contributed by atoms with Gasteiger partial charge in [-0.3, -0.25) is 4.90 Å². The van der Waals surface area contributed by atoms with Gasteiger partial charge in [0.25, 0.3) is 0 Å². The van der Waals surface area contributed by atoms with Crippen LogP contribution in [-0.2, 0) is 13.6 Å². The molecule has 0 amide bonds. The second-order valence-electron chi connectivity index (χ2n) is 5.23. The van der Waals surface area contributed by atoms with E-state index in [4.69, 9.17) is 0 Å². The molecule has 1 aliphatic heterocycles. The highest BCUT2D eigenvalue weighted by atomic mass is 15.2. The maximum Gasteiger partial charge on any atom is 0.132 e. The third kappa shape index (κ3) is 2.66. The fourth-order valence-corrected chi connectivity index (χ4v) is 2.60. The van der Waals surface area contributed by atoms with Crippen LogP contribution in [0, 0.1) is 6.92 Å². The third-order valence-electron chi connectivity index (χ3n) is 3.74. The van der Waals surface area contributed by atoms with E-state index in [0.717, 1.165) is 43.4 Å². The topological polar surface area (TPSA) is 46.8 Å². The van der Waals surface area contributed by atoms with Gasteiger partial charge in [-0.15, -0.1) is 0 Å². The summed E-state index contributed by atoms with van der Waals surface area (Å²) in [7, 11) is 2.04. The molecule has 3 rings (SSSR count). The predicted molar refractivity (Wildman–Crippen MR) is 72.6 cm³/mol. The number of rotatable bonds is 3. The van der Waals surface area contributed by atoms with Crippen LogP contribution in [0.25, 0.3) is 0 Å². The molecular weight excluding hydrogens is 238 g/mol. The van der Waals surface area contributed by atoms with E-state index in [9.17, 15) is 0 Å². The molecule has 2 aromatic heterocycles. The van der Waals surface area contributed by atoms with Crippen LogP contribution >= 0.6 is 0 Å². The van der Waals surface area contributed by atoms with E-state index in [1.165, 1.54) is 0 Å². The molecule has 100 valence electrons. The van der Waals surface area contributed by atoms with E-state index in [2.05, 4.69) is 24.4 Å². The van der Waals surface area contributed by atoms with Crippen molar-refractivity contribution in [3.05, 3.63) is 42.0 Å². The van der Waals surface area contributed by atoms with Crippen LogP contribution in [0.2, 0.25) is 0 Å². The Morgan fingerprint density at radius 3 is 2.95 bits per heavy atom. The van der Waals surface area contributed by atoms with Gasteiger partial charge in [0.2, 0.25) is 0 Å². The SMILES string of the molecule is Cc1ccnc([C@H]2CCN(Cc3nccn3C)C2)n1. The van der Waals surface area contributed by atoms with Crippen molar-refractivity contribution in [3.63, 3.8) is 0 Å². The summed E-state index contributed by atoms with van der Waals surface area (Å²) in [5.74, 6) is 2.56. The minimum Gasteiger partial charge on any atom is -0.337 e. The van der Waals surface area contributed by atoms with Crippen LogP contribution in [0.1, 0.15) is 29.7 Å². The number of nitrogens with zero attached hydrogens (tertiary/aromatic N) is 5. The van der Waals surface area contributed by atoms with Gasteiger partial charge in [-0.2, -0.15) is 0 Å². The van der Waals surface area contributed by atoms with E-state index in [-0.39, 0.29) is 0 Å². The highest BCUT2D eigenvalue weighted by molar-refractivity contribution is 5.07. The normalized spacial score (nSPS) is 20.0. The highest BCUT2D eigenvalue weighted by Gasteiger charge is 2.26. The van der Waals surface area contributed by atoms with Crippen LogP contribution in [0.4, 0.5) is 0 Å². The van der Waals surface area contributed by atoms with E-state index >= 15 is 0 Å². The lowest BCUT2D eigenvalue weighted by Crippen LogP contribution is -2.22. The second-order valence-corrected chi connectivity index (χ2v) is 5.23. The van der Waals surface area contributed by atoms with E-state index in [0.29, 0.717) is 5.92 Å². The molecule has 3 heterocycles. The lowest BCUT2D eigenvalue weighted by molar-refractivity contribution is 0.313. The Hall–Kier alpha value is -1.75. The summed E-state index contributed by atoms with van der Waals surface area (Å²) in [6.45, 7) is 5.04. The minimum atomic E-state index is 0.458. The summed E-state index contributed by atoms with van der Waals surface area (Å²) in [4.78, 5) is 15.8. The molecule has 19 heavy (non-hydrogen) atoms. The molecule has 0 aromatic carbocycles. The van der Waals surface area contributed by atoms with E-state index in [1.807, 2.05) is 38.6 Å². The van der Waals surface area contributed by atoms with Gasteiger partial charge in [-0.05, 0) is 26.0 Å². The molecule has 0 spiro atoms. The Bertz CT molecular complexity index is 562. The molecule has 1 aliphatic rings. The summed E-state index contributed by atoms with van der Waals surface area (Å²) >= 11 is 0. The van der Waals surface area contributed by atoms with Crippen molar-refractivity contribution in [2.45, 2.75) is 25.8 Å². The third-order valence-corrected chi connectivity index (χ3v) is 3.74. The second kappa shape index (κ2) is 5.09. The Balaban J connectivity index is 1.66. The average Bonchev–Trinajstić information content (AvgIpc) is 3.00. The van der Waals surface area contributed by atoms with E-state index in [1.54, 1.807) is 0 Å². The molecule has 0 N–H and O–H groups in total. The summed E-state index contributed by atoms with van der Waals surface area (Å²) in [5.41, 5.74) is 1.05. The van der Waals surface area contributed by atoms with Crippen LogP contribution in [-0.4, -0.2) is 37.5 Å². The lowest BCUT2D eigenvalue weighted by atomic mass is 10.1. The smallest absolute Gasteiger partial charge is 0.132 e. The van der Waals surface area contributed by atoms with Gasteiger partial charge >= 0.3 is 0 Å². The van der Waals surface area contributed by atoms with Crippen molar-refractivity contribution in [1.82, 2.24) is 24.4 Å². The monoisotopic (exact) mass is 257 g/mol. The van der Waals surface area contributed by atoms with Gasteiger partial charge in [-0.25, -0.2) is 15.0 Å². The molecule has 5 nitrogen and oxygen atoms in total. The molecule has 0 saturated carbocycles. The van der Waals surface area contributed by atoms with Gasteiger partial charge in [-0.1, -0.05) is 0 Å². The first-order chi connectivity index (χ1) is 9.22. The molecule has 1 atom stereocenters. The number of aromatic nitrogens is 4. The molecule has 1 fully saturated rings. The van der Waals surface area contributed by atoms with Gasteiger partial charge < -0.3 is 4.57 Å². The maximum absolute atomic E-state index is 4.55. The summed E-state index contributed by atoms with van der Waals surface area (Å²) in [6.07, 6.45) is 6.84. The Kier molecular flexibility index (Phi) is 3.29. The van der Waals surface area contributed by atoms with Gasteiger partial charge in [0.1, 0.15) is 11.6 Å². The molecular formula is C14H19N5. The molecule has 0 bridgehead atoms. The predicted octanol–water partition coefficient (Wildman–Crippen LogP) is 1.51. The fourth-order valence-electron chi connectivity index (χ4n) is 2.60. The van der Waals surface area contributed by atoms with Gasteiger partial charge in [0, 0.05) is 43.8 Å². The first-order valence-electron chi connectivity index (χ1n) is 6.70. The zero-order valence-corrected chi connectivity index (χ0v) is 11.5. The molecule has 2 aromatic rings. The van der Waals surface area contributed by atoms with E-state index < -0.39 is 0 Å². The van der Waals surface area contributed by atoms with Gasteiger partial charge in [0.05, 0.1) is 6.54 Å². The van der Waals surface area contributed by atoms with Crippen LogP contribution in [0.5, 0.6) is 0 Å². The molecule has 5 heteroatoms. The molecule has 0 aliphatic carbocycles. The van der Waals surface area contributed by atoms with Crippen LogP contribution < -0.4 is 0 Å². The molecule has 0 unspecified atom stereocenters. The van der Waals surface area contributed by atoms with Crippen LogP contribution in [0.3, 0.4) is 0 Å². The quantitative estimate of drug-likeness (QED) is 0.836. The summed E-state index contributed by atoms with van der Waals surface area (Å²) in [5, 5.41) is 0. The zero-order chi connectivity index (χ0) is 13.2. The number of aryl methyl sites for hydroxylation is 2. The highest BCUT2D eigenvalue weighted by Crippen LogP contribution is 2.25. The molecule has 0 radical (unpaired) electrons. The lowest BCUT2D eigenvalue weighted by Gasteiger charge is -2.15. The minimum absolute atomic E-state index is 0.458. The fraction of sp³-hybridized carbons (Fsp3) is 0.500.